The lowest BCUT2D eigenvalue weighted by Gasteiger charge is -2.35. The quantitative estimate of drug-likeness (QED) is 0.789. The van der Waals surface area contributed by atoms with Crippen LogP contribution in [0.4, 0.5) is 11.4 Å². The second-order valence-electron chi connectivity index (χ2n) is 7.14. The summed E-state index contributed by atoms with van der Waals surface area (Å²) in [7, 11) is 0. The minimum Gasteiger partial charge on any atom is -0.360 e. The van der Waals surface area contributed by atoms with Crippen LogP contribution < -0.4 is 14.7 Å². The van der Waals surface area contributed by atoms with E-state index in [-0.39, 0.29) is 5.91 Å². The Bertz CT molecular complexity index is 956. The molecule has 0 aromatic heterocycles. The molecule has 130 valence electrons. The maximum Gasteiger partial charge on any atom is 0.263 e. The first kappa shape index (κ1) is 15.4. The summed E-state index contributed by atoms with van der Waals surface area (Å²) < 4.78 is 0. The Kier molecular flexibility index (Phi) is 3.64. The van der Waals surface area contributed by atoms with E-state index in [1.165, 1.54) is 10.6 Å². The molecule has 0 spiro atoms. The van der Waals surface area contributed by atoms with Gasteiger partial charge >= 0.3 is 0 Å². The van der Waals surface area contributed by atoms with E-state index < -0.39 is 0 Å². The normalized spacial score (nSPS) is 17.3. The fourth-order valence-corrected chi connectivity index (χ4v) is 4.24. The van der Waals surface area contributed by atoms with Crippen LogP contribution in [-0.2, 0) is 0 Å². The molecule has 2 aliphatic heterocycles. The molecular weight excluding hydrogens is 322 g/mol. The number of amides is 1. The van der Waals surface area contributed by atoms with Crippen LogP contribution >= 0.6 is 0 Å². The molecular formula is C22H22N3O+. The number of rotatable bonds is 3. The topological polar surface area (TPSA) is 28.0 Å². The van der Waals surface area contributed by atoms with Gasteiger partial charge in [0, 0.05) is 11.1 Å². The summed E-state index contributed by atoms with van der Waals surface area (Å²) in [5, 5.41) is 2.27. The van der Waals surface area contributed by atoms with Crippen molar-refractivity contribution in [3.63, 3.8) is 0 Å². The summed E-state index contributed by atoms with van der Waals surface area (Å²) in [6.07, 6.45) is 0. The number of anilines is 2. The van der Waals surface area contributed by atoms with Crippen LogP contribution in [0.25, 0.3) is 10.8 Å². The maximum atomic E-state index is 12.9. The zero-order valence-electron chi connectivity index (χ0n) is 14.7. The Morgan fingerprint density at radius 2 is 1.58 bits per heavy atom. The molecule has 0 radical (unpaired) electrons. The fourth-order valence-electron chi connectivity index (χ4n) is 4.24. The molecule has 1 amide bonds. The van der Waals surface area contributed by atoms with E-state index in [1.807, 2.05) is 17.0 Å². The van der Waals surface area contributed by atoms with Gasteiger partial charge in [0.15, 0.2) is 6.67 Å². The standard InChI is InChI=1S/C22H21N3O/c26-22-19-10-4-6-17-7-5-11-20(21(17)19)25(22)16-23-12-14-24(15-13-23)18-8-2-1-3-9-18/h1-11H,12-16H2/p+1. The highest BCUT2D eigenvalue weighted by atomic mass is 16.2. The maximum absolute atomic E-state index is 12.9. The van der Waals surface area contributed by atoms with E-state index in [0.29, 0.717) is 0 Å². The Labute approximate surface area is 153 Å². The van der Waals surface area contributed by atoms with Crippen LogP contribution in [0, 0.1) is 0 Å². The first-order valence-corrected chi connectivity index (χ1v) is 9.28. The van der Waals surface area contributed by atoms with Crippen LogP contribution in [0.15, 0.2) is 66.7 Å². The summed E-state index contributed by atoms with van der Waals surface area (Å²) >= 11 is 0. The van der Waals surface area contributed by atoms with Crippen molar-refractivity contribution in [1.82, 2.24) is 0 Å². The third kappa shape index (κ3) is 2.45. The largest absolute Gasteiger partial charge is 0.360 e. The predicted octanol–water partition coefficient (Wildman–Crippen LogP) is 2.16. The van der Waals surface area contributed by atoms with E-state index in [4.69, 9.17) is 0 Å². The van der Waals surface area contributed by atoms with Crippen molar-refractivity contribution in [1.29, 1.82) is 0 Å². The number of carbonyl (C=O) groups is 1. The predicted molar refractivity (Wildman–Crippen MR) is 105 cm³/mol. The molecule has 2 heterocycles. The highest BCUT2D eigenvalue weighted by molar-refractivity contribution is 6.24. The van der Waals surface area contributed by atoms with Gasteiger partial charge in [-0.3, -0.25) is 9.69 Å². The van der Waals surface area contributed by atoms with Gasteiger partial charge in [-0.15, -0.1) is 0 Å². The van der Waals surface area contributed by atoms with Gasteiger partial charge in [-0.25, -0.2) is 0 Å². The van der Waals surface area contributed by atoms with E-state index in [9.17, 15) is 4.79 Å². The number of piperazine rings is 1. The van der Waals surface area contributed by atoms with Crippen molar-refractivity contribution in [2.24, 2.45) is 0 Å². The summed E-state index contributed by atoms with van der Waals surface area (Å²) in [5.74, 6) is 0.148. The van der Waals surface area contributed by atoms with Crippen LogP contribution in [0.2, 0.25) is 0 Å². The molecule has 26 heavy (non-hydrogen) atoms. The molecule has 0 atom stereocenters. The number of carbonyl (C=O) groups excluding carboxylic acids is 1. The second kappa shape index (κ2) is 6.15. The van der Waals surface area contributed by atoms with Gasteiger partial charge in [0.2, 0.25) is 0 Å². The van der Waals surface area contributed by atoms with Crippen molar-refractivity contribution in [2.45, 2.75) is 0 Å². The number of nitrogens with one attached hydrogen (secondary N) is 1. The van der Waals surface area contributed by atoms with Gasteiger partial charge in [0.05, 0.1) is 37.4 Å². The average Bonchev–Trinajstić information content (AvgIpc) is 2.97. The molecule has 3 aromatic carbocycles. The molecule has 4 nitrogen and oxygen atoms in total. The summed E-state index contributed by atoms with van der Waals surface area (Å²) in [5.41, 5.74) is 3.21. The number of hydrogen-bond acceptors (Lipinski definition) is 2. The van der Waals surface area contributed by atoms with Crippen molar-refractivity contribution in [2.75, 3.05) is 42.6 Å². The minimum absolute atomic E-state index is 0.148. The third-order valence-electron chi connectivity index (χ3n) is 5.62. The van der Waals surface area contributed by atoms with Gasteiger partial charge < -0.3 is 9.80 Å². The van der Waals surface area contributed by atoms with Gasteiger partial charge in [0.1, 0.15) is 0 Å². The lowest BCUT2D eigenvalue weighted by Crippen LogP contribution is -3.16. The van der Waals surface area contributed by atoms with Crippen LogP contribution in [-0.4, -0.2) is 38.8 Å². The van der Waals surface area contributed by atoms with Crippen molar-refractivity contribution < 1.29 is 9.69 Å². The number of para-hydroxylation sites is 1. The Morgan fingerprint density at radius 1 is 0.846 bits per heavy atom. The zero-order valence-corrected chi connectivity index (χ0v) is 14.7. The molecule has 2 aliphatic rings. The molecule has 0 bridgehead atoms. The van der Waals surface area contributed by atoms with Crippen molar-refractivity contribution in [3.8, 4) is 0 Å². The highest BCUT2D eigenvalue weighted by Crippen LogP contribution is 2.36. The molecule has 1 fully saturated rings. The first-order valence-electron chi connectivity index (χ1n) is 9.28. The Hall–Kier alpha value is -2.85. The molecule has 0 aliphatic carbocycles. The zero-order chi connectivity index (χ0) is 17.5. The lowest BCUT2D eigenvalue weighted by molar-refractivity contribution is -0.899. The Balaban J connectivity index is 1.33. The molecule has 0 saturated carbocycles. The summed E-state index contributed by atoms with van der Waals surface area (Å²) in [6, 6.07) is 22.8. The number of hydrogen-bond donors (Lipinski definition) is 1. The first-order chi connectivity index (χ1) is 12.8. The average molecular weight is 344 g/mol. The lowest BCUT2D eigenvalue weighted by atomic mass is 10.1. The number of benzene rings is 3. The van der Waals surface area contributed by atoms with Gasteiger partial charge in [0.25, 0.3) is 5.91 Å². The Morgan fingerprint density at radius 3 is 2.35 bits per heavy atom. The second-order valence-corrected chi connectivity index (χ2v) is 7.14. The van der Waals surface area contributed by atoms with E-state index >= 15 is 0 Å². The van der Waals surface area contributed by atoms with E-state index in [2.05, 4.69) is 59.5 Å². The summed E-state index contributed by atoms with van der Waals surface area (Å²) in [6.45, 7) is 4.89. The molecule has 4 heteroatoms. The minimum atomic E-state index is 0.148. The molecule has 1 saturated heterocycles. The van der Waals surface area contributed by atoms with Crippen LogP contribution in [0.1, 0.15) is 10.4 Å². The molecule has 0 unspecified atom stereocenters. The van der Waals surface area contributed by atoms with Gasteiger partial charge in [-0.1, -0.05) is 42.5 Å². The number of quaternary nitrogens is 1. The monoisotopic (exact) mass is 344 g/mol. The third-order valence-corrected chi connectivity index (χ3v) is 5.62. The number of nitrogens with zero attached hydrogens (tertiary/aromatic N) is 2. The van der Waals surface area contributed by atoms with Crippen LogP contribution in [0.5, 0.6) is 0 Å². The molecule has 3 aromatic rings. The smallest absolute Gasteiger partial charge is 0.263 e. The van der Waals surface area contributed by atoms with Crippen LogP contribution in [0.3, 0.4) is 0 Å². The van der Waals surface area contributed by atoms with Gasteiger partial charge in [-0.2, -0.15) is 0 Å². The molecule has 1 N–H and O–H groups in total. The highest BCUT2D eigenvalue weighted by Gasteiger charge is 2.33. The fraction of sp³-hybridized carbons (Fsp3) is 0.227. The SMILES string of the molecule is O=C1c2cccc3cccc(c23)N1C[NH+]1CCN(c2ccccc2)CC1. The van der Waals surface area contributed by atoms with E-state index in [1.54, 1.807) is 0 Å². The van der Waals surface area contributed by atoms with E-state index in [0.717, 1.165) is 54.9 Å². The van der Waals surface area contributed by atoms with Crippen molar-refractivity contribution >= 4 is 28.1 Å². The molecule has 5 rings (SSSR count). The van der Waals surface area contributed by atoms with Crippen molar-refractivity contribution in [3.05, 3.63) is 72.3 Å². The summed E-state index contributed by atoms with van der Waals surface area (Å²) in [4.78, 5) is 18.8. The van der Waals surface area contributed by atoms with Gasteiger partial charge in [-0.05, 0) is 29.7 Å².